The number of benzene rings is 1. The quantitative estimate of drug-likeness (QED) is 0.433. The minimum absolute atomic E-state index is 0.0735. The Morgan fingerprint density at radius 1 is 1.36 bits per heavy atom. The summed E-state index contributed by atoms with van der Waals surface area (Å²) >= 11 is 4.79. The number of anilines is 1. The largest absolute Gasteiger partial charge is 0.622 e. The van der Waals surface area contributed by atoms with Crippen LogP contribution in [-0.4, -0.2) is 5.11 Å². The lowest BCUT2D eigenvalue weighted by Gasteiger charge is -2.12. The van der Waals surface area contributed by atoms with Gasteiger partial charge in [0.15, 0.2) is 5.69 Å². The second-order valence-electron chi connectivity index (χ2n) is 2.33. The smallest absolute Gasteiger partial charge is 0.278 e. The molecule has 0 spiro atoms. The fourth-order valence-corrected chi connectivity index (χ4v) is 1.31. The Morgan fingerprint density at radius 3 is 2.82 bits per heavy atom. The fourth-order valence-electron chi connectivity index (χ4n) is 1.09. The van der Waals surface area contributed by atoms with Crippen LogP contribution in [0.4, 0.5) is 11.4 Å². The number of para-hydroxylation sites is 2. The monoisotopic (exact) mass is 166 g/mol. The summed E-state index contributed by atoms with van der Waals surface area (Å²) in [4.78, 5) is 0. The van der Waals surface area contributed by atoms with Gasteiger partial charge in [0.2, 0.25) is 0 Å². The van der Waals surface area contributed by atoms with E-state index in [9.17, 15) is 5.21 Å². The Morgan fingerprint density at radius 2 is 2.09 bits per heavy atom. The molecule has 0 amide bonds. The van der Waals surface area contributed by atoms with Crippen molar-refractivity contribution in [1.82, 2.24) is 0 Å². The van der Waals surface area contributed by atoms with E-state index in [-0.39, 0.29) is 5.06 Å². The van der Waals surface area contributed by atoms with Crippen molar-refractivity contribution < 1.29 is 5.06 Å². The van der Waals surface area contributed by atoms with Crippen molar-refractivity contribution in [3.05, 3.63) is 29.5 Å². The van der Waals surface area contributed by atoms with E-state index in [1.807, 2.05) is 18.2 Å². The first-order valence-corrected chi connectivity index (χ1v) is 3.64. The zero-order valence-corrected chi connectivity index (χ0v) is 6.44. The molecule has 11 heavy (non-hydrogen) atoms. The molecular formula is C7H6N2OS. The molecule has 1 unspecified atom stereocenters. The molecule has 4 heteroatoms. The first-order valence-electron chi connectivity index (χ1n) is 3.24. The Labute approximate surface area is 69.2 Å². The Kier molecular flexibility index (Phi) is 1.38. The average Bonchev–Trinajstić information content (AvgIpc) is 2.30. The molecule has 0 fully saturated rings. The number of hydrogen-bond donors (Lipinski definition) is 2. The van der Waals surface area contributed by atoms with Crippen LogP contribution in [0.15, 0.2) is 24.3 Å². The fraction of sp³-hybridized carbons (Fsp3) is 0. The van der Waals surface area contributed by atoms with Gasteiger partial charge in [-0.25, -0.2) is 0 Å². The SMILES string of the molecule is [O-][NH+]1C(=S)Nc2ccccc21. The van der Waals surface area contributed by atoms with Crippen LogP contribution < -0.4 is 10.4 Å². The predicted molar refractivity (Wildman–Crippen MR) is 46.7 cm³/mol. The van der Waals surface area contributed by atoms with Crippen molar-refractivity contribution in [2.75, 3.05) is 5.32 Å². The van der Waals surface area contributed by atoms with Crippen LogP contribution in [-0.2, 0) is 0 Å². The number of nitrogens with one attached hydrogen (secondary N) is 2. The molecule has 3 nitrogen and oxygen atoms in total. The van der Waals surface area contributed by atoms with E-state index in [0.717, 1.165) is 5.69 Å². The second kappa shape index (κ2) is 2.27. The topological polar surface area (TPSA) is 39.5 Å². The maximum atomic E-state index is 11.2. The normalized spacial score (nSPS) is 21.2. The number of quaternary nitrogens is 1. The third-order valence-electron chi connectivity index (χ3n) is 1.63. The molecule has 2 rings (SSSR count). The van der Waals surface area contributed by atoms with Gasteiger partial charge < -0.3 is 5.21 Å². The van der Waals surface area contributed by atoms with Crippen LogP contribution in [0.5, 0.6) is 0 Å². The van der Waals surface area contributed by atoms with Gasteiger partial charge in [-0.3, -0.25) is 10.4 Å². The van der Waals surface area contributed by atoms with E-state index in [0.29, 0.717) is 10.8 Å². The number of thiocarbonyl (C=S) groups is 1. The van der Waals surface area contributed by atoms with Gasteiger partial charge in [-0.2, -0.15) is 0 Å². The summed E-state index contributed by atoms with van der Waals surface area (Å²) in [6, 6.07) is 7.30. The van der Waals surface area contributed by atoms with Gasteiger partial charge in [-0.05, 0) is 6.07 Å². The van der Waals surface area contributed by atoms with Crippen molar-refractivity contribution in [1.29, 1.82) is 0 Å². The molecule has 0 saturated carbocycles. The van der Waals surface area contributed by atoms with Crippen LogP contribution in [0.1, 0.15) is 0 Å². The van der Waals surface area contributed by atoms with Gasteiger partial charge in [0.25, 0.3) is 5.11 Å². The Balaban J connectivity index is 2.55. The molecule has 1 aromatic rings. The number of hydroxylamine groups is 1. The number of fused-ring (bicyclic) bond motifs is 1. The summed E-state index contributed by atoms with van der Waals surface area (Å²) in [5.74, 6) is 0. The molecule has 1 aromatic carbocycles. The summed E-state index contributed by atoms with van der Waals surface area (Å²) in [7, 11) is 0. The van der Waals surface area contributed by atoms with E-state index in [1.165, 1.54) is 0 Å². The van der Waals surface area contributed by atoms with Crippen molar-refractivity contribution >= 4 is 28.7 Å². The number of hydrogen-bond acceptors (Lipinski definition) is 2. The summed E-state index contributed by atoms with van der Waals surface area (Å²) in [6.07, 6.45) is 0. The minimum Gasteiger partial charge on any atom is -0.622 e. The van der Waals surface area contributed by atoms with Gasteiger partial charge in [-0.1, -0.05) is 12.1 Å². The molecule has 0 aliphatic carbocycles. The summed E-state index contributed by atoms with van der Waals surface area (Å²) < 4.78 is 0. The highest BCUT2D eigenvalue weighted by Crippen LogP contribution is 2.19. The predicted octanol–water partition coefficient (Wildman–Crippen LogP) is 0.411. The molecule has 0 radical (unpaired) electrons. The van der Waals surface area contributed by atoms with Gasteiger partial charge >= 0.3 is 0 Å². The lowest BCUT2D eigenvalue weighted by Crippen LogP contribution is -3.03. The summed E-state index contributed by atoms with van der Waals surface area (Å²) in [6.45, 7) is 0. The molecule has 0 aromatic heterocycles. The molecular weight excluding hydrogens is 160 g/mol. The van der Waals surface area contributed by atoms with E-state index >= 15 is 0 Å². The van der Waals surface area contributed by atoms with Crippen LogP contribution in [0, 0.1) is 5.21 Å². The molecule has 2 N–H and O–H groups in total. The van der Waals surface area contributed by atoms with E-state index in [1.54, 1.807) is 6.07 Å². The Hall–Kier alpha value is -0.970. The van der Waals surface area contributed by atoms with Crippen LogP contribution in [0.3, 0.4) is 0 Å². The zero-order chi connectivity index (χ0) is 7.84. The van der Waals surface area contributed by atoms with E-state index in [2.05, 4.69) is 5.32 Å². The van der Waals surface area contributed by atoms with Crippen molar-refractivity contribution in [3.8, 4) is 0 Å². The zero-order valence-electron chi connectivity index (χ0n) is 5.63. The standard InChI is InChI=1S/C7H6N2OS/c10-9-6-4-2-1-3-5(6)8-7(9)11/h1-4,9H,(H,8,11). The minimum atomic E-state index is -0.0735. The van der Waals surface area contributed by atoms with Crippen molar-refractivity contribution in [2.24, 2.45) is 0 Å². The third kappa shape index (κ3) is 0.920. The highest BCUT2D eigenvalue weighted by atomic mass is 32.1. The van der Waals surface area contributed by atoms with Crippen molar-refractivity contribution in [2.45, 2.75) is 0 Å². The lowest BCUT2D eigenvalue weighted by atomic mass is 10.3. The van der Waals surface area contributed by atoms with E-state index < -0.39 is 0 Å². The highest BCUT2D eigenvalue weighted by Gasteiger charge is 2.22. The highest BCUT2D eigenvalue weighted by molar-refractivity contribution is 7.80. The molecule has 0 saturated heterocycles. The maximum Gasteiger partial charge on any atom is 0.278 e. The maximum absolute atomic E-state index is 11.2. The molecule has 1 aliphatic heterocycles. The summed E-state index contributed by atoms with van der Waals surface area (Å²) in [5.41, 5.74) is 1.50. The van der Waals surface area contributed by atoms with E-state index in [4.69, 9.17) is 12.2 Å². The van der Waals surface area contributed by atoms with Gasteiger partial charge in [0, 0.05) is 18.3 Å². The van der Waals surface area contributed by atoms with Gasteiger partial charge in [0.1, 0.15) is 5.69 Å². The average molecular weight is 166 g/mol. The molecule has 1 atom stereocenters. The summed E-state index contributed by atoms with van der Waals surface area (Å²) in [5, 5.41) is 14.2. The first kappa shape index (κ1) is 6.72. The third-order valence-corrected chi connectivity index (χ3v) is 1.91. The lowest BCUT2D eigenvalue weighted by molar-refractivity contribution is -0.659. The molecule has 1 heterocycles. The van der Waals surface area contributed by atoms with Crippen LogP contribution in [0.2, 0.25) is 0 Å². The number of rotatable bonds is 0. The molecule has 1 aliphatic rings. The van der Waals surface area contributed by atoms with Gasteiger partial charge in [-0.15, -0.1) is 0 Å². The first-order chi connectivity index (χ1) is 5.29. The van der Waals surface area contributed by atoms with Gasteiger partial charge in [0.05, 0.1) is 0 Å². The molecule has 0 bridgehead atoms. The van der Waals surface area contributed by atoms with Crippen molar-refractivity contribution in [3.63, 3.8) is 0 Å². The molecule has 56 valence electrons. The second-order valence-corrected chi connectivity index (χ2v) is 2.74. The van der Waals surface area contributed by atoms with Crippen LogP contribution >= 0.6 is 12.2 Å². The van der Waals surface area contributed by atoms with Crippen LogP contribution in [0.25, 0.3) is 0 Å². The Bertz CT molecular complexity index is 313.